The number of nitrogens with zero attached hydrogens (tertiary/aromatic N) is 1. The second-order valence-electron chi connectivity index (χ2n) is 5.80. The third-order valence-electron chi connectivity index (χ3n) is 3.90. The summed E-state index contributed by atoms with van der Waals surface area (Å²) in [6.45, 7) is 4.85. The summed E-state index contributed by atoms with van der Waals surface area (Å²) >= 11 is 1.80. The van der Waals surface area contributed by atoms with Gasteiger partial charge in [-0.3, -0.25) is 0 Å². The van der Waals surface area contributed by atoms with Gasteiger partial charge >= 0.3 is 0 Å². The smallest absolute Gasteiger partial charge is 0.112 e. The first-order valence-electron chi connectivity index (χ1n) is 6.87. The van der Waals surface area contributed by atoms with Gasteiger partial charge in [0, 0.05) is 24.7 Å². The molecule has 0 heterocycles. The fourth-order valence-corrected chi connectivity index (χ4v) is 5.11. The maximum atomic E-state index is 2.43. The Balaban J connectivity index is 2.39. The summed E-state index contributed by atoms with van der Waals surface area (Å²) < 4.78 is 0. The lowest BCUT2D eigenvalue weighted by atomic mass is 10.3. The molecule has 106 valence electrons. The van der Waals surface area contributed by atoms with E-state index >= 15 is 0 Å². The van der Waals surface area contributed by atoms with Crippen molar-refractivity contribution in [2.45, 2.75) is 18.0 Å². The highest BCUT2D eigenvalue weighted by molar-refractivity contribution is 7.98. The number of hydrogen-bond donors (Lipinski definition) is 0. The maximum Gasteiger partial charge on any atom is 0.112 e. The summed E-state index contributed by atoms with van der Waals surface area (Å²) in [6, 6.07) is 18.1. The van der Waals surface area contributed by atoms with E-state index in [9.17, 15) is 0 Å². The van der Waals surface area contributed by atoms with E-state index in [0.29, 0.717) is 0 Å². The van der Waals surface area contributed by atoms with Gasteiger partial charge in [-0.1, -0.05) is 47.7 Å². The van der Waals surface area contributed by atoms with Crippen molar-refractivity contribution in [1.82, 2.24) is 0 Å². The van der Waals surface area contributed by atoms with Gasteiger partial charge in [-0.25, -0.2) is 0 Å². The molecule has 3 heteroatoms. The third kappa shape index (κ3) is 3.10. The Bertz CT molecular complexity index is 576. The van der Waals surface area contributed by atoms with Crippen LogP contribution in [-0.2, 0) is 0 Å². The summed E-state index contributed by atoms with van der Waals surface area (Å²) in [4.78, 5) is 3.51. The molecule has 20 heavy (non-hydrogen) atoms. The molecule has 2 aromatic rings. The van der Waals surface area contributed by atoms with Crippen LogP contribution in [0.3, 0.4) is 0 Å². The van der Waals surface area contributed by atoms with Crippen molar-refractivity contribution in [2.75, 3.05) is 25.3 Å². The number of anilines is 1. The molecule has 2 rings (SSSR count). The lowest BCUT2D eigenvalue weighted by Gasteiger charge is -2.25. The normalized spacial score (nSPS) is 11.4. The van der Waals surface area contributed by atoms with Gasteiger partial charge in [-0.15, -0.1) is 11.8 Å². The molecular formula is C17H23NSSi. The van der Waals surface area contributed by atoms with Crippen LogP contribution in [0.2, 0.25) is 13.1 Å². The lowest BCUT2D eigenvalue weighted by Crippen LogP contribution is -2.52. The van der Waals surface area contributed by atoms with E-state index in [2.05, 4.69) is 86.9 Å². The van der Waals surface area contributed by atoms with Gasteiger partial charge in [-0.2, -0.15) is 0 Å². The van der Waals surface area contributed by atoms with Crippen LogP contribution in [0.25, 0.3) is 0 Å². The van der Waals surface area contributed by atoms with Crippen molar-refractivity contribution in [1.29, 1.82) is 0 Å². The zero-order valence-corrected chi connectivity index (χ0v) is 14.8. The summed E-state index contributed by atoms with van der Waals surface area (Å²) in [5.74, 6) is 0. The molecule has 0 aliphatic heterocycles. The number of rotatable bonds is 4. The quantitative estimate of drug-likeness (QED) is 0.630. The first kappa shape index (κ1) is 15.2. The Morgan fingerprint density at radius 3 is 2.10 bits per heavy atom. The van der Waals surface area contributed by atoms with Crippen LogP contribution in [0.1, 0.15) is 0 Å². The Morgan fingerprint density at radius 1 is 0.900 bits per heavy atom. The maximum absolute atomic E-state index is 2.43. The number of thioether (sulfide) groups is 1. The van der Waals surface area contributed by atoms with E-state index in [1.807, 2.05) is 0 Å². The van der Waals surface area contributed by atoms with Crippen molar-refractivity contribution in [3.05, 3.63) is 48.5 Å². The summed E-state index contributed by atoms with van der Waals surface area (Å²) in [6.07, 6.45) is 2.12. The van der Waals surface area contributed by atoms with E-state index in [1.54, 1.807) is 11.8 Å². The Labute approximate surface area is 128 Å². The lowest BCUT2D eigenvalue weighted by molar-refractivity contribution is 1.13. The second kappa shape index (κ2) is 6.06. The van der Waals surface area contributed by atoms with Gasteiger partial charge in [0.15, 0.2) is 0 Å². The van der Waals surface area contributed by atoms with E-state index in [1.165, 1.54) is 21.0 Å². The molecule has 0 fully saturated rings. The molecule has 2 aromatic carbocycles. The molecule has 0 unspecified atom stereocenters. The molecule has 0 bridgehead atoms. The zero-order chi connectivity index (χ0) is 14.8. The van der Waals surface area contributed by atoms with Gasteiger partial charge in [-0.05, 0) is 30.5 Å². The molecule has 0 aromatic heterocycles. The van der Waals surface area contributed by atoms with E-state index in [0.717, 1.165) is 0 Å². The molecule has 0 radical (unpaired) electrons. The highest BCUT2D eigenvalue weighted by atomic mass is 32.2. The molecule has 0 aliphatic carbocycles. The fraction of sp³-hybridized carbons (Fsp3) is 0.294. The van der Waals surface area contributed by atoms with Crippen LogP contribution in [0.15, 0.2) is 53.4 Å². The highest BCUT2D eigenvalue weighted by Crippen LogP contribution is 2.15. The van der Waals surface area contributed by atoms with Crippen molar-refractivity contribution in [3.63, 3.8) is 0 Å². The first-order chi connectivity index (χ1) is 9.45. The molecular weight excluding hydrogens is 278 g/mol. The molecule has 0 amide bonds. The van der Waals surface area contributed by atoms with E-state index < -0.39 is 8.07 Å². The largest absolute Gasteiger partial charge is 0.378 e. The third-order valence-corrected chi connectivity index (χ3v) is 8.17. The highest BCUT2D eigenvalue weighted by Gasteiger charge is 2.26. The average Bonchev–Trinajstić information content (AvgIpc) is 2.47. The first-order valence-corrected chi connectivity index (χ1v) is 11.1. The minimum Gasteiger partial charge on any atom is -0.378 e. The Hall–Kier alpha value is -1.19. The van der Waals surface area contributed by atoms with Crippen LogP contribution in [0.5, 0.6) is 0 Å². The van der Waals surface area contributed by atoms with Gasteiger partial charge in [0.2, 0.25) is 0 Å². The summed E-state index contributed by atoms with van der Waals surface area (Å²) in [5.41, 5.74) is 1.28. The molecule has 0 saturated heterocycles. The summed E-state index contributed by atoms with van der Waals surface area (Å²) in [5, 5.41) is 2.98. The Kier molecular flexibility index (Phi) is 4.61. The average molecular weight is 302 g/mol. The van der Waals surface area contributed by atoms with E-state index in [4.69, 9.17) is 0 Å². The predicted molar refractivity (Wildman–Crippen MR) is 95.7 cm³/mol. The standard InChI is InChI=1S/C17H23NSSi/c1-18(2)14-7-6-8-17(13-14)20(4,5)16-11-9-15(19-3)10-12-16/h6-13H,1-5H3. The van der Waals surface area contributed by atoms with Gasteiger partial charge < -0.3 is 4.90 Å². The van der Waals surface area contributed by atoms with Crippen LogP contribution >= 0.6 is 11.8 Å². The number of hydrogen-bond acceptors (Lipinski definition) is 2. The van der Waals surface area contributed by atoms with Crippen molar-refractivity contribution < 1.29 is 0 Å². The van der Waals surface area contributed by atoms with Gasteiger partial charge in [0.25, 0.3) is 0 Å². The fourth-order valence-electron chi connectivity index (χ4n) is 2.35. The van der Waals surface area contributed by atoms with Gasteiger partial charge in [0.05, 0.1) is 0 Å². The van der Waals surface area contributed by atoms with Crippen LogP contribution in [-0.4, -0.2) is 28.4 Å². The summed E-state index contributed by atoms with van der Waals surface area (Å²) in [7, 11) is 2.59. The van der Waals surface area contributed by atoms with Crippen LogP contribution in [0, 0.1) is 0 Å². The monoisotopic (exact) mass is 301 g/mol. The second-order valence-corrected chi connectivity index (χ2v) is 11.1. The van der Waals surface area contributed by atoms with Crippen LogP contribution < -0.4 is 15.3 Å². The molecule has 0 N–H and O–H groups in total. The van der Waals surface area contributed by atoms with Crippen molar-refractivity contribution >= 4 is 35.9 Å². The SMILES string of the molecule is CSc1ccc([Si](C)(C)c2cccc(N(C)C)c2)cc1. The minimum absolute atomic E-state index is 1.28. The van der Waals surface area contributed by atoms with Crippen molar-refractivity contribution in [3.8, 4) is 0 Å². The molecule has 0 saturated carbocycles. The van der Waals surface area contributed by atoms with Crippen molar-refractivity contribution in [2.24, 2.45) is 0 Å². The molecule has 0 spiro atoms. The van der Waals surface area contributed by atoms with Gasteiger partial charge in [0.1, 0.15) is 8.07 Å². The topological polar surface area (TPSA) is 3.24 Å². The van der Waals surface area contributed by atoms with Crippen LogP contribution in [0.4, 0.5) is 5.69 Å². The molecule has 0 atom stereocenters. The predicted octanol–water partition coefficient (Wildman–Crippen LogP) is 3.30. The molecule has 1 nitrogen and oxygen atoms in total. The molecule has 0 aliphatic rings. The number of benzene rings is 2. The Morgan fingerprint density at radius 2 is 1.55 bits per heavy atom. The zero-order valence-electron chi connectivity index (χ0n) is 13.0. The van der Waals surface area contributed by atoms with E-state index in [-0.39, 0.29) is 0 Å². The minimum atomic E-state index is -1.60.